The van der Waals surface area contributed by atoms with Crippen molar-refractivity contribution in [2.75, 3.05) is 14.2 Å². The maximum absolute atomic E-state index is 5.30. The summed E-state index contributed by atoms with van der Waals surface area (Å²) in [5, 5.41) is 7.85. The van der Waals surface area contributed by atoms with Crippen molar-refractivity contribution in [2.45, 2.75) is 44.9 Å². The highest BCUT2D eigenvalue weighted by Gasteiger charge is 2.25. The molecule has 0 atom stereocenters. The fourth-order valence-corrected chi connectivity index (χ4v) is 2.22. The maximum Gasteiger partial charge on any atom is 0.240 e. The second-order valence-electron chi connectivity index (χ2n) is 5.39. The first kappa shape index (κ1) is 14.2. The molecule has 2 heterocycles. The highest BCUT2D eigenvalue weighted by atomic mass is 16.5. The Labute approximate surface area is 122 Å². The van der Waals surface area contributed by atoms with E-state index in [-0.39, 0.29) is 0 Å². The van der Waals surface area contributed by atoms with Crippen LogP contribution in [0, 0.1) is 0 Å². The van der Waals surface area contributed by atoms with Crippen LogP contribution >= 0.6 is 0 Å². The van der Waals surface area contributed by atoms with Gasteiger partial charge in [0.15, 0.2) is 11.6 Å². The fourth-order valence-electron chi connectivity index (χ4n) is 2.22. The zero-order valence-corrected chi connectivity index (χ0v) is 12.3. The third-order valence-corrected chi connectivity index (χ3v) is 3.54. The van der Waals surface area contributed by atoms with E-state index in [4.69, 9.17) is 13.8 Å². The Hall–Kier alpha value is -1.80. The van der Waals surface area contributed by atoms with Gasteiger partial charge in [0.05, 0.1) is 13.1 Å². The van der Waals surface area contributed by atoms with E-state index in [9.17, 15) is 0 Å². The molecule has 1 aliphatic carbocycles. The molecule has 0 aromatic carbocycles. The van der Waals surface area contributed by atoms with Gasteiger partial charge in [-0.15, -0.1) is 0 Å². The van der Waals surface area contributed by atoms with E-state index in [2.05, 4.69) is 20.3 Å². The first-order valence-electron chi connectivity index (χ1n) is 7.06. The summed E-state index contributed by atoms with van der Waals surface area (Å²) < 4.78 is 15.4. The van der Waals surface area contributed by atoms with Gasteiger partial charge in [0.2, 0.25) is 11.8 Å². The van der Waals surface area contributed by atoms with Crippen molar-refractivity contribution in [3.63, 3.8) is 0 Å². The SMILES string of the molecule is COCc1noc(CN(C)Cc2noc(C3CCC3)n2)n1. The van der Waals surface area contributed by atoms with E-state index >= 15 is 0 Å². The lowest BCUT2D eigenvalue weighted by molar-refractivity contribution is 0.174. The van der Waals surface area contributed by atoms with Gasteiger partial charge >= 0.3 is 0 Å². The van der Waals surface area contributed by atoms with Gasteiger partial charge in [0.25, 0.3) is 0 Å². The summed E-state index contributed by atoms with van der Waals surface area (Å²) in [6, 6.07) is 0. The van der Waals surface area contributed by atoms with Gasteiger partial charge < -0.3 is 13.8 Å². The zero-order chi connectivity index (χ0) is 14.7. The number of nitrogens with zero attached hydrogens (tertiary/aromatic N) is 5. The molecule has 0 unspecified atom stereocenters. The number of methoxy groups -OCH3 is 1. The molecule has 3 rings (SSSR count). The van der Waals surface area contributed by atoms with E-state index in [0.29, 0.717) is 43.2 Å². The third kappa shape index (κ3) is 3.45. The van der Waals surface area contributed by atoms with Crippen LogP contribution in [0.3, 0.4) is 0 Å². The second-order valence-corrected chi connectivity index (χ2v) is 5.39. The molecule has 1 aliphatic rings. The lowest BCUT2D eigenvalue weighted by atomic mass is 9.85. The van der Waals surface area contributed by atoms with Crippen LogP contribution in [0.4, 0.5) is 0 Å². The van der Waals surface area contributed by atoms with Crippen molar-refractivity contribution in [3.8, 4) is 0 Å². The van der Waals surface area contributed by atoms with Gasteiger partial charge in [-0.25, -0.2) is 0 Å². The fraction of sp³-hybridized carbons (Fsp3) is 0.692. The largest absolute Gasteiger partial charge is 0.377 e. The highest BCUT2D eigenvalue weighted by molar-refractivity contribution is 4.98. The van der Waals surface area contributed by atoms with E-state index in [1.165, 1.54) is 6.42 Å². The average Bonchev–Trinajstić information content (AvgIpc) is 2.98. The van der Waals surface area contributed by atoms with Gasteiger partial charge in [-0.05, 0) is 19.9 Å². The molecule has 0 N–H and O–H groups in total. The number of hydrogen-bond acceptors (Lipinski definition) is 8. The Morgan fingerprint density at radius 1 is 1.14 bits per heavy atom. The third-order valence-electron chi connectivity index (χ3n) is 3.54. The first-order chi connectivity index (χ1) is 10.2. The van der Waals surface area contributed by atoms with Crippen molar-refractivity contribution in [3.05, 3.63) is 23.4 Å². The summed E-state index contributed by atoms with van der Waals surface area (Å²) in [5.74, 6) is 3.02. The minimum Gasteiger partial charge on any atom is -0.377 e. The maximum atomic E-state index is 5.30. The van der Waals surface area contributed by atoms with Crippen molar-refractivity contribution < 1.29 is 13.8 Å². The second kappa shape index (κ2) is 6.31. The Morgan fingerprint density at radius 3 is 2.67 bits per heavy atom. The van der Waals surface area contributed by atoms with Gasteiger partial charge in [-0.2, -0.15) is 9.97 Å². The standard InChI is InChI=1S/C13H19N5O3/c1-18(7-12-14-11(8-19-2)17-20-12)6-10-15-13(21-16-10)9-4-3-5-9/h9H,3-8H2,1-2H3. The van der Waals surface area contributed by atoms with Crippen LogP contribution in [0.2, 0.25) is 0 Å². The number of rotatable bonds is 7. The average molecular weight is 293 g/mol. The molecule has 8 nitrogen and oxygen atoms in total. The smallest absolute Gasteiger partial charge is 0.240 e. The highest BCUT2D eigenvalue weighted by Crippen LogP contribution is 2.35. The molecule has 0 bridgehead atoms. The van der Waals surface area contributed by atoms with Gasteiger partial charge in [0, 0.05) is 13.0 Å². The number of hydrogen-bond donors (Lipinski definition) is 0. The van der Waals surface area contributed by atoms with Crippen molar-refractivity contribution in [2.24, 2.45) is 0 Å². The zero-order valence-electron chi connectivity index (χ0n) is 12.3. The van der Waals surface area contributed by atoms with Crippen LogP contribution in [0.5, 0.6) is 0 Å². The Balaban J connectivity index is 1.52. The molecule has 0 radical (unpaired) electrons. The molecule has 8 heteroatoms. The lowest BCUT2D eigenvalue weighted by Gasteiger charge is -2.20. The molecular formula is C13H19N5O3. The van der Waals surface area contributed by atoms with E-state index in [1.807, 2.05) is 11.9 Å². The topological polar surface area (TPSA) is 90.3 Å². The monoisotopic (exact) mass is 293 g/mol. The molecular weight excluding hydrogens is 274 g/mol. The molecule has 0 aliphatic heterocycles. The molecule has 2 aromatic rings. The molecule has 0 saturated heterocycles. The summed E-state index contributed by atoms with van der Waals surface area (Å²) >= 11 is 0. The predicted molar refractivity (Wildman–Crippen MR) is 71.1 cm³/mol. The quantitative estimate of drug-likeness (QED) is 0.758. The summed E-state index contributed by atoms with van der Waals surface area (Å²) in [6.07, 6.45) is 3.56. The van der Waals surface area contributed by atoms with E-state index in [0.717, 1.165) is 18.7 Å². The molecule has 1 fully saturated rings. The van der Waals surface area contributed by atoms with Crippen LogP contribution in [0.15, 0.2) is 9.05 Å². The van der Waals surface area contributed by atoms with Gasteiger partial charge in [-0.1, -0.05) is 16.7 Å². The minimum absolute atomic E-state index is 0.350. The molecule has 21 heavy (non-hydrogen) atoms. The van der Waals surface area contributed by atoms with Crippen LogP contribution in [-0.2, 0) is 24.4 Å². The summed E-state index contributed by atoms with van der Waals surface area (Å²) in [4.78, 5) is 10.7. The van der Waals surface area contributed by atoms with Crippen LogP contribution in [0.25, 0.3) is 0 Å². The van der Waals surface area contributed by atoms with Crippen molar-refractivity contribution >= 4 is 0 Å². The molecule has 2 aromatic heterocycles. The number of ether oxygens (including phenoxy) is 1. The Morgan fingerprint density at radius 2 is 1.95 bits per heavy atom. The molecule has 0 spiro atoms. The van der Waals surface area contributed by atoms with Crippen molar-refractivity contribution in [1.29, 1.82) is 0 Å². The van der Waals surface area contributed by atoms with Crippen molar-refractivity contribution in [1.82, 2.24) is 25.2 Å². The molecule has 1 saturated carbocycles. The normalized spacial score (nSPS) is 15.6. The van der Waals surface area contributed by atoms with Crippen LogP contribution in [-0.4, -0.2) is 39.3 Å². The van der Waals surface area contributed by atoms with E-state index < -0.39 is 0 Å². The summed E-state index contributed by atoms with van der Waals surface area (Å²) in [6.45, 7) is 1.46. The van der Waals surface area contributed by atoms with Crippen LogP contribution < -0.4 is 0 Å². The predicted octanol–water partition coefficient (Wildman–Crippen LogP) is 1.50. The lowest BCUT2D eigenvalue weighted by Crippen LogP contribution is -2.18. The first-order valence-corrected chi connectivity index (χ1v) is 7.06. The summed E-state index contributed by atoms with van der Waals surface area (Å²) in [5.41, 5.74) is 0. The Bertz CT molecular complexity index is 578. The summed E-state index contributed by atoms with van der Waals surface area (Å²) in [7, 11) is 3.54. The minimum atomic E-state index is 0.350. The van der Waals surface area contributed by atoms with E-state index in [1.54, 1.807) is 7.11 Å². The molecule has 114 valence electrons. The number of aromatic nitrogens is 4. The van der Waals surface area contributed by atoms with Gasteiger partial charge in [0.1, 0.15) is 6.61 Å². The Kier molecular flexibility index (Phi) is 4.26. The van der Waals surface area contributed by atoms with Crippen LogP contribution in [0.1, 0.15) is 48.6 Å². The van der Waals surface area contributed by atoms with Gasteiger partial charge in [-0.3, -0.25) is 4.90 Å². The molecule has 0 amide bonds.